The smallest absolute Gasteiger partial charge is 0.416 e. The maximum absolute atomic E-state index is 12.3. The highest BCUT2D eigenvalue weighted by molar-refractivity contribution is 5.74. The molecule has 0 aliphatic carbocycles. The van der Waals surface area contributed by atoms with Crippen LogP contribution in [0.3, 0.4) is 0 Å². The molecular weight excluding hydrogens is 237 g/mol. The van der Waals surface area contributed by atoms with Gasteiger partial charge in [-0.3, -0.25) is 4.79 Å². The van der Waals surface area contributed by atoms with Gasteiger partial charge in [0.2, 0.25) is 0 Å². The summed E-state index contributed by atoms with van der Waals surface area (Å²) in [7, 11) is 0. The summed E-state index contributed by atoms with van der Waals surface area (Å²) in [5.41, 5.74) is -1.14. The Bertz CT molecular complexity index is 477. The predicted molar refractivity (Wildman–Crippen MR) is 52.3 cm³/mol. The van der Waals surface area contributed by atoms with Crippen molar-refractivity contribution in [3.8, 4) is 6.07 Å². The second-order valence-electron chi connectivity index (χ2n) is 3.12. The zero-order chi connectivity index (χ0) is 13.1. The SMILES string of the molecule is N#Cc1cc(C(F)(F)F)ccc1NCC(=O)O. The van der Waals surface area contributed by atoms with E-state index in [0.717, 1.165) is 12.1 Å². The Morgan fingerprint density at radius 3 is 2.59 bits per heavy atom. The summed E-state index contributed by atoms with van der Waals surface area (Å²) < 4.78 is 37.0. The molecule has 1 rings (SSSR count). The number of nitriles is 1. The number of benzene rings is 1. The highest BCUT2D eigenvalue weighted by Crippen LogP contribution is 2.31. The molecule has 0 bridgehead atoms. The van der Waals surface area contributed by atoms with E-state index < -0.39 is 24.3 Å². The zero-order valence-electron chi connectivity index (χ0n) is 8.38. The van der Waals surface area contributed by atoms with Crippen molar-refractivity contribution in [3.63, 3.8) is 0 Å². The summed E-state index contributed by atoms with van der Waals surface area (Å²) in [6.07, 6.45) is -4.53. The fourth-order valence-corrected chi connectivity index (χ4v) is 1.14. The summed E-state index contributed by atoms with van der Waals surface area (Å²) in [5.74, 6) is -1.17. The van der Waals surface area contributed by atoms with Gasteiger partial charge < -0.3 is 10.4 Å². The molecule has 0 atom stereocenters. The summed E-state index contributed by atoms with van der Waals surface area (Å²) in [5, 5.41) is 19.4. The number of halogens is 3. The van der Waals surface area contributed by atoms with Gasteiger partial charge in [0.05, 0.1) is 16.8 Å². The predicted octanol–water partition coefficient (Wildman–Crippen LogP) is 2.07. The molecule has 0 aliphatic heterocycles. The minimum Gasteiger partial charge on any atom is -0.480 e. The quantitative estimate of drug-likeness (QED) is 0.853. The first-order valence-electron chi connectivity index (χ1n) is 4.41. The minimum absolute atomic E-state index is 0.0582. The number of aliphatic carboxylic acids is 1. The van der Waals surface area contributed by atoms with Gasteiger partial charge in [0.15, 0.2) is 0 Å². The molecular formula is C10H7F3N2O2. The van der Waals surface area contributed by atoms with Crippen LogP contribution in [0.2, 0.25) is 0 Å². The zero-order valence-corrected chi connectivity index (χ0v) is 8.38. The number of nitrogens with zero attached hydrogens (tertiary/aromatic N) is 1. The van der Waals surface area contributed by atoms with Crippen LogP contribution in [0, 0.1) is 11.3 Å². The third-order valence-electron chi connectivity index (χ3n) is 1.90. The second kappa shape index (κ2) is 4.74. The van der Waals surface area contributed by atoms with Gasteiger partial charge in [-0.15, -0.1) is 0 Å². The highest BCUT2D eigenvalue weighted by atomic mass is 19.4. The van der Waals surface area contributed by atoms with Gasteiger partial charge in [-0.1, -0.05) is 0 Å². The molecule has 0 spiro atoms. The van der Waals surface area contributed by atoms with Crippen molar-refractivity contribution in [1.29, 1.82) is 5.26 Å². The first kappa shape index (κ1) is 12.8. The molecule has 17 heavy (non-hydrogen) atoms. The molecule has 0 radical (unpaired) electrons. The van der Waals surface area contributed by atoms with E-state index >= 15 is 0 Å². The molecule has 90 valence electrons. The Morgan fingerprint density at radius 1 is 1.47 bits per heavy atom. The van der Waals surface area contributed by atoms with Crippen LogP contribution in [0.15, 0.2) is 18.2 Å². The van der Waals surface area contributed by atoms with Crippen molar-refractivity contribution >= 4 is 11.7 Å². The number of rotatable bonds is 3. The number of alkyl halides is 3. The van der Waals surface area contributed by atoms with Crippen LogP contribution >= 0.6 is 0 Å². The number of hydrogen-bond donors (Lipinski definition) is 2. The molecule has 0 saturated carbocycles. The highest BCUT2D eigenvalue weighted by Gasteiger charge is 2.31. The molecule has 0 saturated heterocycles. The van der Waals surface area contributed by atoms with E-state index in [1.54, 1.807) is 6.07 Å². The van der Waals surface area contributed by atoms with Gasteiger partial charge in [-0.2, -0.15) is 18.4 Å². The van der Waals surface area contributed by atoms with Crippen molar-refractivity contribution in [3.05, 3.63) is 29.3 Å². The molecule has 4 nitrogen and oxygen atoms in total. The fourth-order valence-electron chi connectivity index (χ4n) is 1.14. The standard InChI is InChI=1S/C10H7F3N2O2/c11-10(12,13)7-1-2-8(6(3-7)4-14)15-5-9(16)17/h1-3,15H,5H2,(H,16,17). The van der Waals surface area contributed by atoms with Crippen molar-refractivity contribution in [2.24, 2.45) is 0 Å². The minimum atomic E-state index is -4.53. The van der Waals surface area contributed by atoms with Gasteiger partial charge >= 0.3 is 12.1 Å². The van der Waals surface area contributed by atoms with Gasteiger partial charge in [0, 0.05) is 0 Å². The maximum atomic E-state index is 12.3. The molecule has 2 N–H and O–H groups in total. The van der Waals surface area contributed by atoms with Crippen LogP contribution in [0.25, 0.3) is 0 Å². The number of carbonyl (C=O) groups is 1. The van der Waals surface area contributed by atoms with Crippen LogP contribution in [0.1, 0.15) is 11.1 Å². The van der Waals surface area contributed by atoms with Crippen LogP contribution in [0.5, 0.6) is 0 Å². The topological polar surface area (TPSA) is 73.1 Å². The maximum Gasteiger partial charge on any atom is 0.416 e. The van der Waals surface area contributed by atoms with E-state index in [0.29, 0.717) is 6.07 Å². The Hall–Kier alpha value is -2.23. The Balaban J connectivity index is 3.03. The summed E-state index contributed by atoms with van der Waals surface area (Å²) in [6.45, 7) is -0.472. The molecule has 7 heteroatoms. The lowest BCUT2D eigenvalue weighted by Gasteiger charge is -2.10. The van der Waals surface area contributed by atoms with Crippen molar-refractivity contribution in [2.45, 2.75) is 6.18 Å². The lowest BCUT2D eigenvalue weighted by atomic mass is 10.1. The van der Waals surface area contributed by atoms with Gasteiger partial charge in [-0.25, -0.2) is 0 Å². The van der Waals surface area contributed by atoms with Crippen LogP contribution in [-0.4, -0.2) is 17.6 Å². The molecule has 1 aromatic carbocycles. The van der Waals surface area contributed by atoms with E-state index in [9.17, 15) is 18.0 Å². The van der Waals surface area contributed by atoms with Crippen molar-refractivity contribution in [1.82, 2.24) is 0 Å². The fraction of sp³-hybridized carbons (Fsp3) is 0.200. The first-order chi connectivity index (χ1) is 7.84. The Morgan fingerprint density at radius 2 is 2.12 bits per heavy atom. The molecule has 0 fully saturated rings. The van der Waals surface area contributed by atoms with Gasteiger partial charge in [0.25, 0.3) is 0 Å². The van der Waals surface area contributed by atoms with Crippen LogP contribution < -0.4 is 5.32 Å². The van der Waals surface area contributed by atoms with Crippen LogP contribution in [-0.2, 0) is 11.0 Å². The number of nitrogens with one attached hydrogen (secondary N) is 1. The first-order valence-corrected chi connectivity index (χ1v) is 4.41. The van der Waals surface area contributed by atoms with E-state index in [1.165, 1.54) is 0 Å². The van der Waals surface area contributed by atoms with Crippen molar-refractivity contribution < 1.29 is 23.1 Å². The summed E-state index contributed by atoms with van der Waals surface area (Å²) in [4.78, 5) is 10.3. The normalized spacial score (nSPS) is 10.7. The molecule has 1 aromatic rings. The van der Waals surface area contributed by atoms with Crippen LogP contribution in [0.4, 0.5) is 18.9 Å². The summed E-state index contributed by atoms with van der Waals surface area (Å²) >= 11 is 0. The van der Waals surface area contributed by atoms with E-state index in [1.807, 2.05) is 0 Å². The summed E-state index contributed by atoms with van der Waals surface area (Å²) in [6, 6.07) is 4.06. The monoisotopic (exact) mass is 244 g/mol. The van der Waals surface area contributed by atoms with E-state index in [2.05, 4.69) is 5.32 Å². The Kier molecular flexibility index (Phi) is 3.58. The number of carboxylic acids is 1. The lowest BCUT2D eigenvalue weighted by molar-refractivity contribution is -0.137. The van der Waals surface area contributed by atoms with E-state index in [-0.39, 0.29) is 11.3 Å². The third-order valence-corrected chi connectivity index (χ3v) is 1.90. The molecule has 0 aliphatic rings. The number of hydrogen-bond acceptors (Lipinski definition) is 3. The van der Waals surface area contributed by atoms with Gasteiger partial charge in [0.1, 0.15) is 12.6 Å². The molecule has 0 amide bonds. The molecule has 0 unspecified atom stereocenters. The third kappa shape index (κ3) is 3.38. The average Bonchev–Trinajstić information content (AvgIpc) is 2.24. The molecule has 0 aromatic heterocycles. The van der Waals surface area contributed by atoms with E-state index in [4.69, 9.17) is 10.4 Å². The van der Waals surface area contributed by atoms with Gasteiger partial charge in [-0.05, 0) is 18.2 Å². The van der Waals surface area contributed by atoms with Crippen molar-refractivity contribution in [2.75, 3.05) is 11.9 Å². The lowest BCUT2D eigenvalue weighted by Crippen LogP contribution is -2.14. The number of carboxylic acid groups (broad SMARTS) is 1. The average molecular weight is 244 g/mol. The second-order valence-corrected chi connectivity index (χ2v) is 3.12. The number of anilines is 1. The largest absolute Gasteiger partial charge is 0.480 e. The molecule has 0 heterocycles. The Labute approximate surface area is 94.3 Å².